The van der Waals surface area contributed by atoms with Gasteiger partial charge in [-0.1, -0.05) is 26.8 Å². The molecule has 8 rings (SSSR count). The second-order valence-corrected chi connectivity index (χ2v) is 23.9. The zero-order valence-electron chi connectivity index (χ0n) is 42.2. The molecule has 0 spiro atoms. The van der Waals surface area contributed by atoms with Crippen LogP contribution in [0.25, 0.3) is 22.3 Å². The highest BCUT2D eigenvalue weighted by Crippen LogP contribution is 2.73. The molecule has 5 atom stereocenters. The molecule has 1 aliphatic heterocycles. The number of alkyl carbamates (subject to hydrolysis) is 1. The van der Waals surface area contributed by atoms with Gasteiger partial charge in [-0.25, -0.2) is 24.4 Å². The molecule has 5 fully saturated rings. The lowest BCUT2D eigenvalue weighted by Gasteiger charge is -2.36. The number of ether oxygens (including phenoxy) is 7. The summed E-state index contributed by atoms with van der Waals surface area (Å²) in [7, 11) is -3.16. The molecule has 4 saturated carbocycles. The number of amides is 3. The van der Waals surface area contributed by atoms with Crippen LogP contribution in [0.2, 0.25) is 0 Å². The number of nitrogens with one attached hydrogen (secondary N) is 3. The number of carbonyl (C=O) groups is 5. The van der Waals surface area contributed by atoms with Crippen molar-refractivity contribution in [3.8, 4) is 22.9 Å². The lowest BCUT2D eigenvalue weighted by atomic mass is 9.85. The lowest BCUT2D eigenvalue weighted by Crippen LogP contribution is -2.58. The van der Waals surface area contributed by atoms with Crippen LogP contribution in [0.3, 0.4) is 0 Å². The number of nitrogens with zero attached hydrogens (tertiary/aromatic N) is 3. The summed E-state index contributed by atoms with van der Waals surface area (Å²) >= 11 is 1.43. The Bertz CT molecular complexity index is 2520. The van der Waals surface area contributed by atoms with Gasteiger partial charge in [0.25, 0.3) is 0 Å². The number of carbonyl (C=O) groups excluding carboxylic acids is 5. The number of aromatic nitrogens is 2. The van der Waals surface area contributed by atoms with Gasteiger partial charge in [0.15, 0.2) is 5.13 Å². The summed E-state index contributed by atoms with van der Waals surface area (Å²) in [6, 6.07) is 4.76. The molecular formula is C50H67N6O15PS. The summed E-state index contributed by atoms with van der Waals surface area (Å²) in [4.78, 5) is 79.7. The summed E-state index contributed by atoms with van der Waals surface area (Å²) in [5, 5.41) is 10.4. The Hall–Kier alpha value is -5.70. The Morgan fingerprint density at radius 3 is 2.14 bits per heavy atom. The van der Waals surface area contributed by atoms with Crippen molar-refractivity contribution < 1.29 is 70.7 Å². The molecule has 3 amide bonds. The molecule has 1 unspecified atom stereocenters. The standard InChI is InChI=1S/C50H67N6O15PS/c1-8-32-22-50(32,72(62,68-27-66-47(60)64-24-30-13-14-30)69-28-67-48(61)65-25-31-15-16-31)55-43(57)40-20-35(23-56(40)44(58)42(49(4,5)6)54-46(59)71-33-11-9-10-12-33)70-41-21-38(39-26-73-45(53-39)51-29(2)3)52-37-19-34(63-7)17-18-36(37)41/h8,17-19,21,26,29-33,35,40,42H,1,9-16,20,22-25,27-28H2,2-7H3,(H,51,53)(H,54,59)(H,55,57)/t32?,35-,40+,42-,50+/m1/s1. The van der Waals surface area contributed by atoms with E-state index in [1.165, 1.54) is 22.3 Å². The van der Waals surface area contributed by atoms with Gasteiger partial charge in [0.05, 0.1) is 38.1 Å². The number of likely N-dealkylation sites (tertiary alicyclic amines) is 1. The number of anilines is 1. The third-order valence-corrected chi connectivity index (χ3v) is 16.7. The second-order valence-electron chi connectivity index (χ2n) is 20.7. The van der Waals surface area contributed by atoms with Crippen molar-refractivity contribution in [1.82, 2.24) is 25.5 Å². The maximum absolute atomic E-state index is 15.2. The van der Waals surface area contributed by atoms with Crippen LogP contribution in [0.15, 0.2) is 42.3 Å². The SMILES string of the molecule is C=CC1C[C@]1(NC(=O)[C@@H]1C[C@@H](Oc2cc(-c3csc(NC(C)C)n3)nc3cc(OC)ccc23)CN1C(=O)[C@@H](NC(=O)OC1CCCC1)C(C)(C)C)P(=O)(OCOC(=O)OCC1CC1)OCOC(=O)OCC1CC1. The van der Waals surface area contributed by atoms with E-state index >= 15 is 14.2 Å². The number of fused-ring (bicyclic) bond motifs is 1. The average molecular weight is 1060 g/mol. The third-order valence-electron chi connectivity index (χ3n) is 13.4. The molecule has 3 N–H and O–H groups in total. The fourth-order valence-electron chi connectivity index (χ4n) is 8.87. The molecule has 73 heavy (non-hydrogen) atoms. The van der Waals surface area contributed by atoms with Gasteiger partial charge in [0, 0.05) is 41.3 Å². The summed E-state index contributed by atoms with van der Waals surface area (Å²) in [6.45, 7) is 11.6. The monoisotopic (exact) mass is 1050 g/mol. The quantitative estimate of drug-likeness (QED) is 0.0263. The van der Waals surface area contributed by atoms with E-state index in [1.807, 2.05) is 25.3 Å². The first kappa shape index (κ1) is 53.6. The van der Waals surface area contributed by atoms with Crippen molar-refractivity contribution in [2.24, 2.45) is 23.2 Å². The number of benzene rings is 1. The molecule has 5 aliphatic rings. The maximum atomic E-state index is 15.2. The minimum Gasteiger partial charge on any atom is -0.497 e. The van der Waals surface area contributed by atoms with Crippen LogP contribution in [0.4, 0.5) is 19.5 Å². The van der Waals surface area contributed by atoms with Crippen molar-refractivity contribution in [2.45, 2.75) is 134 Å². The molecule has 0 bridgehead atoms. The molecule has 23 heteroatoms. The van der Waals surface area contributed by atoms with E-state index in [0.29, 0.717) is 51.8 Å². The van der Waals surface area contributed by atoms with E-state index in [9.17, 15) is 14.4 Å². The van der Waals surface area contributed by atoms with Gasteiger partial charge in [-0.15, -0.1) is 17.9 Å². The number of rotatable bonds is 23. The van der Waals surface area contributed by atoms with E-state index in [1.54, 1.807) is 46.1 Å². The van der Waals surface area contributed by atoms with Gasteiger partial charge in [0.1, 0.15) is 46.8 Å². The summed E-state index contributed by atoms with van der Waals surface area (Å²) in [5.74, 6) is -0.691. The van der Waals surface area contributed by atoms with E-state index in [-0.39, 0.29) is 56.6 Å². The predicted octanol–water partition coefficient (Wildman–Crippen LogP) is 8.91. The first-order valence-electron chi connectivity index (χ1n) is 24.9. The highest BCUT2D eigenvalue weighted by Gasteiger charge is 2.69. The van der Waals surface area contributed by atoms with E-state index in [2.05, 4.69) is 22.5 Å². The molecule has 21 nitrogen and oxygen atoms in total. The summed E-state index contributed by atoms with van der Waals surface area (Å²) in [6.07, 6.45) is 4.26. The predicted molar refractivity (Wildman–Crippen MR) is 267 cm³/mol. The summed E-state index contributed by atoms with van der Waals surface area (Å²) < 4.78 is 65.3. The molecule has 1 saturated heterocycles. The first-order valence-corrected chi connectivity index (χ1v) is 27.4. The van der Waals surface area contributed by atoms with Gasteiger partial charge >= 0.3 is 26.0 Å². The fourth-order valence-corrected chi connectivity index (χ4v) is 11.8. The fraction of sp³-hybridized carbons (Fsp3) is 0.620. The van der Waals surface area contributed by atoms with Gasteiger partial charge in [-0.2, -0.15) is 0 Å². The van der Waals surface area contributed by atoms with E-state index in [4.69, 9.17) is 52.2 Å². The molecule has 0 radical (unpaired) electrons. The molecule has 2 aromatic heterocycles. The Morgan fingerprint density at radius 1 is 0.904 bits per heavy atom. The second kappa shape index (κ2) is 22.8. The van der Waals surface area contributed by atoms with Crippen molar-refractivity contribution in [2.75, 3.05) is 45.8 Å². The molecule has 3 heterocycles. The van der Waals surface area contributed by atoms with Crippen molar-refractivity contribution in [3.63, 3.8) is 0 Å². The Balaban J connectivity index is 1.09. The van der Waals surface area contributed by atoms with Crippen LogP contribution in [-0.2, 0) is 46.9 Å². The highest BCUT2D eigenvalue weighted by molar-refractivity contribution is 7.56. The number of pyridine rings is 1. The van der Waals surface area contributed by atoms with Crippen molar-refractivity contribution in [1.29, 1.82) is 0 Å². The van der Waals surface area contributed by atoms with E-state index in [0.717, 1.165) is 38.5 Å². The van der Waals surface area contributed by atoms with Gasteiger partial charge < -0.3 is 54.0 Å². The van der Waals surface area contributed by atoms with Crippen LogP contribution < -0.4 is 25.4 Å². The number of thiazole rings is 1. The third kappa shape index (κ3) is 13.5. The molecule has 3 aromatic rings. The van der Waals surface area contributed by atoms with Crippen LogP contribution in [0.5, 0.6) is 11.5 Å². The Kier molecular flexibility index (Phi) is 16.8. The van der Waals surface area contributed by atoms with E-state index < -0.39 is 86.2 Å². The van der Waals surface area contributed by atoms with Crippen molar-refractivity contribution >= 4 is 65.2 Å². The van der Waals surface area contributed by atoms with Crippen LogP contribution in [0, 0.1) is 23.2 Å². The molecule has 1 aromatic carbocycles. The first-order chi connectivity index (χ1) is 34.9. The normalized spacial score (nSPS) is 22.3. The number of methoxy groups -OCH3 is 1. The topological polar surface area (TPSA) is 251 Å². The minimum absolute atomic E-state index is 0.0300. The smallest absolute Gasteiger partial charge is 0.497 e. The zero-order valence-corrected chi connectivity index (χ0v) is 43.9. The van der Waals surface area contributed by atoms with Gasteiger partial charge in [-0.3, -0.25) is 23.2 Å². The van der Waals surface area contributed by atoms with Crippen LogP contribution in [0.1, 0.15) is 98.8 Å². The average Bonchev–Trinajstić information content (AvgIpc) is 4.31. The summed E-state index contributed by atoms with van der Waals surface area (Å²) in [5.41, 5.74) is 0.746. The van der Waals surface area contributed by atoms with Gasteiger partial charge in [-0.05, 0) is 101 Å². The lowest BCUT2D eigenvalue weighted by molar-refractivity contribution is -0.142. The Labute approximate surface area is 428 Å². The largest absolute Gasteiger partial charge is 0.510 e. The van der Waals surface area contributed by atoms with Crippen molar-refractivity contribution in [3.05, 3.63) is 42.3 Å². The molecular weight excluding hydrogens is 988 g/mol. The number of hydrogen-bond acceptors (Lipinski definition) is 19. The maximum Gasteiger partial charge on any atom is 0.510 e. The minimum atomic E-state index is -4.71. The molecule has 4 aliphatic carbocycles. The van der Waals surface area contributed by atoms with Gasteiger partial charge in [0.2, 0.25) is 25.4 Å². The zero-order chi connectivity index (χ0) is 52.1. The number of hydrogen-bond donors (Lipinski definition) is 3. The van der Waals surface area contributed by atoms with Crippen LogP contribution >= 0.6 is 18.9 Å². The Morgan fingerprint density at radius 2 is 1.56 bits per heavy atom. The molecule has 398 valence electrons. The highest BCUT2D eigenvalue weighted by atomic mass is 32.1. The van der Waals surface area contributed by atoms with Crippen LogP contribution in [-0.4, -0.2) is 121 Å².